The van der Waals surface area contributed by atoms with Crippen LogP contribution in [-0.2, 0) is 51.8 Å². The molecule has 1 atom stereocenters. The summed E-state index contributed by atoms with van der Waals surface area (Å²) in [5.41, 5.74) is 1.17. The van der Waals surface area contributed by atoms with E-state index in [9.17, 15) is 35.7 Å². The number of alkyl carbamates (subject to hydrolysis) is 1. The lowest BCUT2D eigenvalue weighted by atomic mass is 9.89. The summed E-state index contributed by atoms with van der Waals surface area (Å²) in [6.45, 7) is 1.50. The maximum absolute atomic E-state index is 14.7. The summed E-state index contributed by atoms with van der Waals surface area (Å²) in [4.78, 5) is 13.3. The lowest BCUT2D eigenvalue weighted by Crippen LogP contribution is -2.52. The predicted molar refractivity (Wildman–Crippen MR) is 213 cm³/mol. The van der Waals surface area contributed by atoms with Crippen molar-refractivity contribution >= 4 is 13.5 Å². The zero-order valence-electron chi connectivity index (χ0n) is 32.4. The van der Waals surface area contributed by atoms with Crippen LogP contribution in [0.4, 0.5) is 31.1 Å². The summed E-state index contributed by atoms with van der Waals surface area (Å²) in [6.07, 6.45) is -8.98. The van der Waals surface area contributed by atoms with E-state index in [4.69, 9.17) is 14.0 Å². The molecule has 0 radical (unpaired) electrons. The standard InChI is InChI=1S/C45H46F6NO6P/c1-2-43(52-42(53)56-30-36-13-6-3-7-14-36,33-57-59(54,31-37-15-8-4-9-16-37)32-38-17-10-5-11-18-38)27-26-35-22-25-41(40(29-35)44(46,47)48)55-28-12-19-34-20-23-39(24-21-34)58-45(49,50)51/h3-11,13-18,20-25,29H,2,12,19,26-28,30-33H2,1H3,(H,52,53)/t43-/m1/s1. The first-order chi connectivity index (χ1) is 28.1. The van der Waals surface area contributed by atoms with Crippen LogP contribution in [-0.4, -0.2) is 31.2 Å². The smallest absolute Gasteiger partial charge is 0.493 e. The number of rotatable bonds is 20. The highest BCUT2D eigenvalue weighted by atomic mass is 31.2. The molecule has 0 fully saturated rings. The third kappa shape index (κ3) is 14.8. The molecule has 1 N–H and O–H groups in total. The molecular weight excluding hydrogens is 795 g/mol. The molecule has 0 aromatic heterocycles. The summed E-state index contributed by atoms with van der Waals surface area (Å²) in [6, 6.07) is 36.6. The van der Waals surface area contributed by atoms with Gasteiger partial charge in [0.2, 0.25) is 7.37 Å². The molecule has 0 bridgehead atoms. The number of benzene rings is 5. The fraction of sp³-hybridized carbons (Fsp3) is 0.311. The molecule has 5 aromatic rings. The van der Waals surface area contributed by atoms with Gasteiger partial charge >= 0.3 is 18.6 Å². The number of hydrogen-bond donors (Lipinski definition) is 1. The van der Waals surface area contributed by atoms with Crippen LogP contribution in [0, 0.1) is 0 Å². The van der Waals surface area contributed by atoms with E-state index in [0.29, 0.717) is 24.0 Å². The van der Waals surface area contributed by atoms with Gasteiger partial charge in [0.1, 0.15) is 18.1 Å². The summed E-state index contributed by atoms with van der Waals surface area (Å²) >= 11 is 0. The van der Waals surface area contributed by atoms with Crippen LogP contribution in [0.5, 0.6) is 11.5 Å². The summed E-state index contributed by atoms with van der Waals surface area (Å²) in [5, 5.41) is 2.93. The predicted octanol–water partition coefficient (Wildman–Crippen LogP) is 12.3. The Morgan fingerprint density at radius 1 is 0.678 bits per heavy atom. The van der Waals surface area contributed by atoms with Gasteiger partial charge in [-0.3, -0.25) is 4.57 Å². The molecule has 0 heterocycles. The van der Waals surface area contributed by atoms with E-state index in [1.807, 2.05) is 85.8 Å². The minimum atomic E-state index is -4.82. The summed E-state index contributed by atoms with van der Waals surface area (Å²) < 4.78 is 117. The highest BCUT2D eigenvalue weighted by molar-refractivity contribution is 7.57. The molecular formula is C45H46F6NO6P. The first kappa shape index (κ1) is 44.8. The Hall–Kier alpha value is -5.26. The Bertz CT molecular complexity index is 2060. The molecule has 59 heavy (non-hydrogen) atoms. The lowest BCUT2D eigenvalue weighted by molar-refractivity contribution is -0.274. The SMILES string of the molecule is CC[C@@](CCc1ccc(OCCCc2ccc(OC(F)(F)F)cc2)c(C(F)(F)F)c1)(COP(=O)(Cc1ccccc1)Cc1ccccc1)NC(=O)OCc1ccccc1. The van der Waals surface area contributed by atoms with E-state index in [-0.39, 0.29) is 62.9 Å². The highest BCUT2D eigenvalue weighted by Crippen LogP contribution is 2.54. The molecule has 0 unspecified atom stereocenters. The van der Waals surface area contributed by atoms with E-state index in [1.165, 1.54) is 36.4 Å². The number of aryl methyl sites for hydroxylation is 2. The number of hydrogen-bond acceptors (Lipinski definition) is 6. The van der Waals surface area contributed by atoms with Crippen molar-refractivity contribution in [1.29, 1.82) is 0 Å². The fourth-order valence-corrected chi connectivity index (χ4v) is 8.72. The normalized spacial score (nSPS) is 13.0. The minimum Gasteiger partial charge on any atom is -0.493 e. The molecule has 7 nitrogen and oxygen atoms in total. The van der Waals surface area contributed by atoms with Crippen LogP contribution in [0.1, 0.15) is 59.6 Å². The van der Waals surface area contributed by atoms with Gasteiger partial charge in [0, 0.05) is 0 Å². The van der Waals surface area contributed by atoms with E-state index in [1.54, 1.807) is 12.1 Å². The molecule has 0 saturated carbocycles. The third-order valence-electron chi connectivity index (χ3n) is 9.63. The zero-order chi connectivity index (χ0) is 42.4. The van der Waals surface area contributed by atoms with Crippen LogP contribution < -0.4 is 14.8 Å². The van der Waals surface area contributed by atoms with Crippen LogP contribution in [0.3, 0.4) is 0 Å². The summed E-state index contributed by atoms with van der Waals surface area (Å²) in [7, 11) is -3.46. The van der Waals surface area contributed by atoms with Gasteiger partial charge in [0.25, 0.3) is 0 Å². The van der Waals surface area contributed by atoms with E-state index in [0.717, 1.165) is 22.8 Å². The van der Waals surface area contributed by atoms with Crippen molar-refractivity contribution < 1.29 is 54.4 Å². The topological polar surface area (TPSA) is 83.1 Å². The van der Waals surface area contributed by atoms with Gasteiger partial charge < -0.3 is 24.1 Å². The Balaban J connectivity index is 1.31. The van der Waals surface area contributed by atoms with Crippen molar-refractivity contribution in [3.8, 4) is 11.5 Å². The lowest BCUT2D eigenvalue weighted by Gasteiger charge is -2.35. The molecule has 0 spiro atoms. The van der Waals surface area contributed by atoms with E-state index in [2.05, 4.69) is 10.1 Å². The largest absolute Gasteiger partial charge is 0.573 e. The van der Waals surface area contributed by atoms with Crippen LogP contribution in [0.15, 0.2) is 133 Å². The molecule has 14 heteroatoms. The first-order valence-electron chi connectivity index (χ1n) is 19.1. The fourth-order valence-electron chi connectivity index (χ4n) is 6.41. The minimum absolute atomic E-state index is 0.0204. The maximum Gasteiger partial charge on any atom is 0.573 e. The van der Waals surface area contributed by atoms with Gasteiger partial charge in [-0.15, -0.1) is 13.2 Å². The van der Waals surface area contributed by atoms with Crippen molar-refractivity contribution in [2.24, 2.45) is 0 Å². The molecule has 0 aliphatic rings. The number of carbonyl (C=O) groups is 1. The molecule has 5 aromatic carbocycles. The second-order valence-electron chi connectivity index (χ2n) is 14.2. The summed E-state index contributed by atoms with van der Waals surface area (Å²) in [5.74, 6) is -0.744. The van der Waals surface area contributed by atoms with E-state index >= 15 is 0 Å². The van der Waals surface area contributed by atoms with Gasteiger partial charge in [0.05, 0.1) is 36.6 Å². The molecule has 0 saturated heterocycles. The number of ether oxygens (including phenoxy) is 3. The van der Waals surface area contributed by atoms with E-state index < -0.39 is 37.1 Å². The van der Waals surface area contributed by atoms with Gasteiger partial charge in [0.15, 0.2) is 0 Å². The second kappa shape index (κ2) is 20.6. The monoisotopic (exact) mass is 841 g/mol. The Labute approximate surface area is 340 Å². The zero-order valence-corrected chi connectivity index (χ0v) is 33.3. The highest BCUT2D eigenvalue weighted by Gasteiger charge is 2.37. The number of halogens is 6. The number of nitrogens with one attached hydrogen (secondary N) is 1. The van der Waals surface area contributed by atoms with Crippen LogP contribution in [0.2, 0.25) is 0 Å². The van der Waals surface area contributed by atoms with Crippen LogP contribution >= 0.6 is 7.37 Å². The molecule has 0 aliphatic heterocycles. The van der Waals surface area contributed by atoms with Gasteiger partial charge in [-0.1, -0.05) is 116 Å². The molecule has 0 aliphatic carbocycles. The number of amides is 1. The third-order valence-corrected chi connectivity index (χ3v) is 11.9. The number of carbonyl (C=O) groups excluding carboxylic acids is 1. The maximum atomic E-state index is 14.7. The van der Waals surface area contributed by atoms with Gasteiger partial charge in [-0.2, -0.15) is 13.2 Å². The van der Waals surface area contributed by atoms with Gasteiger partial charge in [-0.25, -0.2) is 4.79 Å². The van der Waals surface area contributed by atoms with Crippen molar-refractivity contribution in [3.63, 3.8) is 0 Å². The average Bonchev–Trinajstić information content (AvgIpc) is 3.21. The Morgan fingerprint density at radius 3 is 1.78 bits per heavy atom. The molecule has 314 valence electrons. The van der Waals surface area contributed by atoms with Crippen molar-refractivity contribution in [3.05, 3.63) is 167 Å². The Morgan fingerprint density at radius 2 is 1.24 bits per heavy atom. The molecule has 5 rings (SSSR count). The average molecular weight is 842 g/mol. The van der Waals surface area contributed by atoms with Crippen molar-refractivity contribution in [2.45, 2.75) is 76.0 Å². The van der Waals surface area contributed by atoms with Gasteiger partial charge in [-0.05, 0) is 84.2 Å². The quantitative estimate of drug-likeness (QED) is 0.0477. The Kier molecular flexibility index (Phi) is 15.7. The number of alkyl halides is 6. The molecule has 1 amide bonds. The first-order valence-corrected chi connectivity index (χ1v) is 21.1. The van der Waals surface area contributed by atoms with Crippen molar-refractivity contribution in [1.82, 2.24) is 5.32 Å². The second-order valence-corrected chi connectivity index (χ2v) is 16.7. The van der Waals surface area contributed by atoms with Crippen LogP contribution in [0.25, 0.3) is 0 Å². The van der Waals surface area contributed by atoms with Crippen molar-refractivity contribution in [2.75, 3.05) is 13.2 Å².